The highest BCUT2D eigenvalue weighted by Crippen LogP contribution is 2.22. The van der Waals surface area contributed by atoms with Crippen LogP contribution in [0.5, 0.6) is 11.5 Å². The van der Waals surface area contributed by atoms with Gasteiger partial charge in [-0.25, -0.2) is 14.1 Å². The minimum absolute atomic E-state index is 0.0682. The molecular weight excluding hydrogens is 465 g/mol. The molecule has 192 valence electrons. The average molecular weight is 498 g/mol. The number of aliphatic hydroxyl groups is 1. The fourth-order valence-corrected chi connectivity index (χ4v) is 4.21. The van der Waals surface area contributed by atoms with Gasteiger partial charge >= 0.3 is 0 Å². The van der Waals surface area contributed by atoms with Gasteiger partial charge in [0.1, 0.15) is 48.8 Å². The summed E-state index contributed by atoms with van der Waals surface area (Å²) in [7, 11) is 0. The van der Waals surface area contributed by atoms with Gasteiger partial charge in [0.15, 0.2) is 0 Å². The lowest BCUT2D eigenvalue weighted by atomic mass is 10.0. The monoisotopic (exact) mass is 497 g/mol. The summed E-state index contributed by atoms with van der Waals surface area (Å²) in [5, 5.41) is 15.5. The van der Waals surface area contributed by atoms with Crippen molar-refractivity contribution in [2.24, 2.45) is 0 Å². The summed E-state index contributed by atoms with van der Waals surface area (Å²) in [6, 6.07) is 12.4. The zero-order chi connectivity index (χ0) is 25.5. The molecule has 10 heteroatoms. The second-order valence-electron chi connectivity index (χ2n) is 9.23. The number of carbonyl (C=O) groups is 1. The van der Waals surface area contributed by atoms with Gasteiger partial charge in [-0.3, -0.25) is 9.69 Å². The minimum Gasteiger partial charge on any atom is -0.492 e. The predicted molar refractivity (Wildman–Crippen MR) is 131 cm³/mol. The first-order valence-electron chi connectivity index (χ1n) is 11.9. The SMILES string of the molecule is CC(=O)N1CCN(Cc2cccc(OCCn3cncn3)c2)C[C@@](O)(COc2ccc(C)c(F)c2)C1. The Morgan fingerprint density at radius 1 is 1.14 bits per heavy atom. The maximum atomic E-state index is 13.9. The second kappa shape index (κ2) is 11.5. The Kier molecular flexibility index (Phi) is 8.17. The number of benzene rings is 2. The third-order valence-electron chi connectivity index (χ3n) is 6.15. The highest BCUT2D eigenvalue weighted by atomic mass is 19.1. The number of β-amino-alcohol motifs (C(OH)–C–C–N with tert-alkyl or cyclic N) is 1. The highest BCUT2D eigenvalue weighted by molar-refractivity contribution is 5.73. The Morgan fingerprint density at radius 2 is 1.97 bits per heavy atom. The molecular formula is C26H32FN5O4. The van der Waals surface area contributed by atoms with Crippen molar-refractivity contribution in [3.05, 3.63) is 72.1 Å². The van der Waals surface area contributed by atoms with E-state index in [-0.39, 0.29) is 24.9 Å². The minimum atomic E-state index is -1.32. The van der Waals surface area contributed by atoms with Gasteiger partial charge < -0.3 is 19.5 Å². The number of aromatic nitrogens is 3. The molecule has 1 amide bonds. The molecule has 4 rings (SSSR count). The summed E-state index contributed by atoms with van der Waals surface area (Å²) in [6.07, 6.45) is 3.13. The lowest BCUT2D eigenvalue weighted by molar-refractivity contribution is -0.132. The summed E-state index contributed by atoms with van der Waals surface area (Å²) < 4.78 is 27.3. The average Bonchev–Trinajstić information content (AvgIpc) is 3.30. The van der Waals surface area contributed by atoms with Crippen molar-refractivity contribution in [2.45, 2.75) is 32.5 Å². The van der Waals surface area contributed by atoms with E-state index in [1.165, 1.54) is 19.3 Å². The van der Waals surface area contributed by atoms with Gasteiger partial charge in [0.2, 0.25) is 5.91 Å². The van der Waals surface area contributed by atoms with Crippen molar-refractivity contribution in [2.75, 3.05) is 39.4 Å². The number of amides is 1. The van der Waals surface area contributed by atoms with Crippen LogP contribution in [0.4, 0.5) is 4.39 Å². The molecule has 0 saturated carbocycles. The summed E-state index contributed by atoms with van der Waals surface area (Å²) in [5.74, 6) is 0.607. The Morgan fingerprint density at radius 3 is 2.72 bits per heavy atom. The zero-order valence-electron chi connectivity index (χ0n) is 20.6. The van der Waals surface area contributed by atoms with Crippen LogP contribution in [0.2, 0.25) is 0 Å². The smallest absolute Gasteiger partial charge is 0.219 e. The van der Waals surface area contributed by atoms with Crippen LogP contribution in [-0.4, -0.2) is 80.6 Å². The standard InChI is InChI=1S/C26H32FN5O4/c1-20-6-7-24(13-25(20)27)36-17-26(34)15-30(8-9-31(16-26)21(2)33)14-22-4-3-5-23(12-22)35-11-10-32-19-28-18-29-32/h3-7,12-13,18-19,34H,8-11,14-17H2,1-2H3/t26-/m0/s1. The molecule has 9 nitrogen and oxygen atoms in total. The van der Waals surface area contributed by atoms with Gasteiger partial charge in [0.25, 0.3) is 0 Å². The predicted octanol–water partition coefficient (Wildman–Crippen LogP) is 2.28. The van der Waals surface area contributed by atoms with E-state index in [1.54, 1.807) is 35.0 Å². The molecule has 0 bridgehead atoms. The van der Waals surface area contributed by atoms with Crippen molar-refractivity contribution in [3.8, 4) is 11.5 Å². The van der Waals surface area contributed by atoms with Gasteiger partial charge in [0.05, 0.1) is 13.1 Å². The quantitative estimate of drug-likeness (QED) is 0.485. The number of halogens is 1. The molecule has 1 N–H and O–H groups in total. The van der Waals surface area contributed by atoms with E-state index >= 15 is 0 Å². The molecule has 2 aromatic carbocycles. The summed E-state index contributed by atoms with van der Waals surface area (Å²) >= 11 is 0. The van der Waals surface area contributed by atoms with Gasteiger partial charge in [-0.15, -0.1) is 0 Å². The second-order valence-corrected chi connectivity index (χ2v) is 9.23. The van der Waals surface area contributed by atoms with Gasteiger partial charge in [-0.1, -0.05) is 18.2 Å². The molecule has 1 aliphatic heterocycles. The Balaban J connectivity index is 1.40. The van der Waals surface area contributed by atoms with Crippen LogP contribution in [-0.2, 0) is 17.9 Å². The maximum Gasteiger partial charge on any atom is 0.219 e. The van der Waals surface area contributed by atoms with Crippen LogP contribution >= 0.6 is 0 Å². The molecule has 1 saturated heterocycles. The van der Waals surface area contributed by atoms with Crippen molar-refractivity contribution in [1.29, 1.82) is 0 Å². The van der Waals surface area contributed by atoms with Crippen LogP contribution in [0, 0.1) is 12.7 Å². The number of hydrogen-bond acceptors (Lipinski definition) is 7. The van der Waals surface area contributed by atoms with E-state index in [9.17, 15) is 14.3 Å². The molecule has 1 fully saturated rings. The summed E-state index contributed by atoms with van der Waals surface area (Å²) in [4.78, 5) is 19.8. The maximum absolute atomic E-state index is 13.9. The van der Waals surface area contributed by atoms with Crippen LogP contribution in [0.25, 0.3) is 0 Å². The van der Waals surface area contributed by atoms with Gasteiger partial charge in [-0.05, 0) is 36.2 Å². The molecule has 1 aromatic heterocycles. The van der Waals surface area contributed by atoms with Crippen molar-refractivity contribution < 1.29 is 23.8 Å². The normalized spacial score (nSPS) is 18.6. The summed E-state index contributed by atoms with van der Waals surface area (Å²) in [5.41, 5.74) is 0.220. The zero-order valence-corrected chi connectivity index (χ0v) is 20.6. The fraction of sp³-hybridized carbons (Fsp3) is 0.423. The first kappa shape index (κ1) is 25.6. The molecule has 0 spiro atoms. The Labute approximate surface area is 210 Å². The van der Waals surface area contributed by atoms with Gasteiger partial charge in [0, 0.05) is 39.2 Å². The number of carbonyl (C=O) groups excluding carboxylic acids is 1. The van der Waals surface area contributed by atoms with E-state index in [2.05, 4.69) is 15.0 Å². The fourth-order valence-electron chi connectivity index (χ4n) is 4.21. The molecule has 0 unspecified atom stereocenters. The Bertz CT molecular complexity index is 1160. The van der Waals surface area contributed by atoms with Crippen LogP contribution in [0.3, 0.4) is 0 Å². The largest absolute Gasteiger partial charge is 0.492 e. The van der Waals surface area contributed by atoms with Crippen LogP contribution in [0.1, 0.15) is 18.1 Å². The van der Waals surface area contributed by atoms with E-state index in [0.717, 1.165) is 11.3 Å². The van der Waals surface area contributed by atoms with E-state index < -0.39 is 5.60 Å². The number of nitrogens with zero attached hydrogens (tertiary/aromatic N) is 5. The summed E-state index contributed by atoms with van der Waals surface area (Å²) in [6.45, 7) is 6.24. The topological polar surface area (TPSA) is 93.0 Å². The van der Waals surface area contributed by atoms with Gasteiger partial charge in [-0.2, -0.15) is 5.10 Å². The number of hydrogen-bond donors (Lipinski definition) is 1. The lowest BCUT2D eigenvalue weighted by Gasteiger charge is -2.32. The van der Waals surface area contributed by atoms with Crippen LogP contribution in [0.15, 0.2) is 55.1 Å². The van der Waals surface area contributed by atoms with E-state index in [0.29, 0.717) is 50.6 Å². The molecule has 0 radical (unpaired) electrons. The number of ether oxygens (including phenoxy) is 2. The van der Waals surface area contributed by atoms with E-state index in [4.69, 9.17) is 9.47 Å². The first-order chi connectivity index (χ1) is 17.3. The first-order valence-corrected chi connectivity index (χ1v) is 11.9. The van der Waals surface area contributed by atoms with Crippen molar-refractivity contribution >= 4 is 5.91 Å². The molecule has 2 heterocycles. The molecule has 36 heavy (non-hydrogen) atoms. The van der Waals surface area contributed by atoms with E-state index in [1.807, 2.05) is 24.3 Å². The third-order valence-corrected chi connectivity index (χ3v) is 6.15. The number of rotatable bonds is 9. The van der Waals surface area contributed by atoms with Crippen molar-refractivity contribution in [1.82, 2.24) is 24.6 Å². The lowest BCUT2D eigenvalue weighted by Crippen LogP contribution is -2.51. The third kappa shape index (κ3) is 7.02. The molecule has 0 aliphatic carbocycles. The molecule has 3 aromatic rings. The highest BCUT2D eigenvalue weighted by Gasteiger charge is 2.37. The van der Waals surface area contributed by atoms with Crippen molar-refractivity contribution in [3.63, 3.8) is 0 Å². The molecule has 1 aliphatic rings. The number of aryl methyl sites for hydroxylation is 1. The molecule has 1 atom stereocenters. The van der Waals surface area contributed by atoms with Crippen LogP contribution < -0.4 is 9.47 Å². The Hall–Kier alpha value is -3.50.